The van der Waals surface area contributed by atoms with Crippen molar-refractivity contribution >= 4 is 27.6 Å². The van der Waals surface area contributed by atoms with E-state index in [1.54, 1.807) is 18.3 Å². The fourth-order valence-electron chi connectivity index (χ4n) is 4.44. The molecule has 0 aliphatic carbocycles. The predicted molar refractivity (Wildman–Crippen MR) is 116 cm³/mol. The van der Waals surface area contributed by atoms with Gasteiger partial charge in [-0.2, -0.15) is 5.10 Å². The van der Waals surface area contributed by atoms with E-state index in [1.165, 1.54) is 12.1 Å². The quantitative estimate of drug-likeness (QED) is 0.484. The molecule has 0 spiro atoms. The Balaban J connectivity index is 1.81. The van der Waals surface area contributed by atoms with Crippen molar-refractivity contribution in [2.45, 2.75) is 31.6 Å². The number of pyridine rings is 1. The number of ether oxygens (including phenoxy) is 1. The van der Waals surface area contributed by atoms with Gasteiger partial charge in [0.25, 0.3) is 0 Å². The standard InChI is InChI=1S/C24H22FN3O3/c25-17-3-1-14(2-4-17)23-19-11-16-13-26-28-21(16)12-18(19)20(5-6-22(29)30)27-24(23)15-7-9-31-10-8-15/h1-4,11-13,15H,5-10H2,(H,26,28)(H,29,30). The molecule has 6 nitrogen and oxygen atoms in total. The predicted octanol–water partition coefficient (Wildman–Crippen LogP) is 4.83. The number of fused-ring (bicyclic) bond motifs is 2. The molecular weight excluding hydrogens is 397 g/mol. The van der Waals surface area contributed by atoms with Crippen molar-refractivity contribution in [3.05, 3.63) is 59.8 Å². The van der Waals surface area contributed by atoms with Crippen LogP contribution in [0.25, 0.3) is 32.8 Å². The van der Waals surface area contributed by atoms with Crippen molar-refractivity contribution in [1.82, 2.24) is 15.2 Å². The molecule has 7 heteroatoms. The summed E-state index contributed by atoms with van der Waals surface area (Å²) in [5.74, 6) is -0.946. The van der Waals surface area contributed by atoms with E-state index in [0.29, 0.717) is 19.6 Å². The second kappa shape index (κ2) is 8.07. The minimum atomic E-state index is -0.854. The minimum Gasteiger partial charge on any atom is -0.481 e. The fraction of sp³-hybridized carbons (Fsp3) is 0.292. The zero-order valence-corrected chi connectivity index (χ0v) is 16.9. The number of nitrogens with one attached hydrogen (secondary N) is 1. The summed E-state index contributed by atoms with van der Waals surface area (Å²) in [6, 6.07) is 10.5. The molecule has 0 radical (unpaired) electrons. The van der Waals surface area contributed by atoms with Crippen LogP contribution in [0.3, 0.4) is 0 Å². The van der Waals surface area contributed by atoms with Gasteiger partial charge >= 0.3 is 5.97 Å². The van der Waals surface area contributed by atoms with Crippen molar-refractivity contribution in [3.63, 3.8) is 0 Å². The number of rotatable bonds is 5. The van der Waals surface area contributed by atoms with Gasteiger partial charge in [-0.15, -0.1) is 0 Å². The summed E-state index contributed by atoms with van der Waals surface area (Å²) in [6.07, 6.45) is 3.81. The monoisotopic (exact) mass is 419 g/mol. The van der Waals surface area contributed by atoms with Gasteiger partial charge in [0.05, 0.1) is 23.8 Å². The first-order valence-corrected chi connectivity index (χ1v) is 10.5. The summed E-state index contributed by atoms with van der Waals surface area (Å²) >= 11 is 0. The number of hydrogen-bond donors (Lipinski definition) is 2. The molecule has 0 bridgehead atoms. The number of carboxylic acid groups (broad SMARTS) is 1. The summed E-state index contributed by atoms with van der Waals surface area (Å²) in [4.78, 5) is 16.3. The first-order valence-electron chi connectivity index (χ1n) is 10.5. The topological polar surface area (TPSA) is 88.1 Å². The number of H-pyrrole nitrogens is 1. The second-order valence-corrected chi connectivity index (χ2v) is 7.96. The highest BCUT2D eigenvalue weighted by Gasteiger charge is 2.25. The van der Waals surface area contributed by atoms with Crippen LogP contribution in [-0.4, -0.2) is 39.5 Å². The number of benzene rings is 2. The lowest BCUT2D eigenvalue weighted by Gasteiger charge is -2.26. The van der Waals surface area contributed by atoms with Crippen molar-refractivity contribution in [1.29, 1.82) is 0 Å². The molecule has 0 saturated carbocycles. The third kappa shape index (κ3) is 3.77. The number of aliphatic carboxylic acids is 1. The third-order valence-electron chi connectivity index (χ3n) is 5.99. The van der Waals surface area contributed by atoms with Crippen LogP contribution in [0.5, 0.6) is 0 Å². The summed E-state index contributed by atoms with van der Waals surface area (Å²) in [7, 11) is 0. The number of aromatic nitrogens is 3. The molecule has 2 aromatic carbocycles. The zero-order valence-electron chi connectivity index (χ0n) is 16.9. The Bertz CT molecular complexity index is 1260. The molecule has 0 amide bonds. The first kappa shape index (κ1) is 19.6. The number of carboxylic acids is 1. The highest BCUT2D eigenvalue weighted by atomic mass is 19.1. The lowest BCUT2D eigenvalue weighted by molar-refractivity contribution is -0.136. The summed E-state index contributed by atoms with van der Waals surface area (Å²) in [6.45, 7) is 1.33. The summed E-state index contributed by atoms with van der Waals surface area (Å²) in [5, 5.41) is 19.2. The SMILES string of the molecule is O=C(O)CCc1nc(C2CCOCC2)c(-c2ccc(F)cc2)c2cc3cn[nH]c3cc12. The van der Waals surface area contributed by atoms with Crippen LogP contribution in [0.2, 0.25) is 0 Å². The van der Waals surface area contributed by atoms with Gasteiger partial charge in [-0.3, -0.25) is 14.9 Å². The molecule has 2 N–H and O–H groups in total. The highest BCUT2D eigenvalue weighted by Crippen LogP contribution is 2.40. The average Bonchev–Trinajstić information content (AvgIpc) is 3.24. The zero-order chi connectivity index (χ0) is 21.4. The van der Waals surface area contributed by atoms with Crippen LogP contribution < -0.4 is 0 Å². The average molecular weight is 419 g/mol. The highest BCUT2D eigenvalue weighted by molar-refractivity contribution is 6.05. The maximum Gasteiger partial charge on any atom is 0.303 e. The molecule has 158 valence electrons. The molecule has 31 heavy (non-hydrogen) atoms. The van der Waals surface area contributed by atoms with Gasteiger partial charge in [-0.05, 0) is 48.1 Å². The van der Waals surface area contributed by atoms with Gasteiger partial charge in [0.1, 0.15) is 5.82 Å². The van der Waals surface area contributed by atoms with Crippen molar-refractivity contribution < 1.29 is 19.0 Å². The lowest BCUT2D eigenvalue weighted by atomic mass is 9.86. The molecule has 1 aliphatic rings. The molecule has 0 atom stereocenters. The lowest BCUT2D eigenvalue weighted by Crippen LogP contribution is -2.17. The van der Waals surface area contributed by atoms with Gasteiger partial charge < -0.3 is 9.84 Å². The van der Waals surface area contributed by atoms with E-state index < -0.39 is 5.97 Å². The summed E-state index contributed by atoms with van der Waals surface area (Å²) < 4.78 is 19.2. The number of halogens is 1. The van der Waals surface area contributed by atoms with Gasteiger partial charge in [0.2, 0.25) is 0 Å². The Hall–Kier alpha value is -3.32. The Morgan fingerprint density at radius 1 is 1.16 bits per heavy atom. The molecule has 0 unspecified atom stereocenters. The van der Waals surface area contributed by atoms with E-state index in [0.717, 1.165) is 57.0 Å². The second-order valence-electron chi connectivity index (χ2n) is 7.96. The van der Waals surface area contributed by atoms with Crippen LogP contribution in [0.1, 0.15) is 36.6 Å². The maximum atomic E-state index is 13.7. The van der Waals surface area contributed by atoms with Gasteiger partial charge in [0.15, 0.2) is 0 Å². The Morgan fingerprint density at radius 3 is 2.68 bits per heavy atom. The van der Waals surface area contributed by atoms with Crippen LogP contribution in [-0.2, 0) is 16.0 Å². The Kier molecular flexibility index (Phi) is 5.11. The van der Waals surface area contributed by atoms with E-state index in [2.05, 4.69) is 16.3 Å². The fourth-order valence-corrected chi connectivity index (χ4v) is 4.44. The molecule has 1 fully saturated rings. The molecule has 2 aromatic heterocycles. The number of carbonyl (C=O) groups is 1. The summed E-state index contributed by atoms with van der Waals surface area (Å²) in [5.41, 5.74) is 4.44. The van der Waals surface area contributed by atoms with E-state index in [-0.39, 0.29) is 18.2 Å². The first-order chi connectivity index (χ1) is 15.1. The smallest absolute Gasteiger partial charge is 0.303 e. The van der Waals surface area contributed by atoms with E-state index in [1.807, 2.05) is 6.07 Å². The number of aryl methyl sites for hydroxylation is 1. The van der Waals surface area contributed by atoms with Crippen LogP contribution >= 0.6 is 0 Å². The van der Waals surface area contributed by atoms with Crippen LogP contribution in [0.4, 0.5) is 4.39 Å². The number of aromatic amines is 1. The molecule has 4 aromatic rings. The molecule has 1 aliphatic heterocycles. The Labute approximate surface area is 178 Å². The van der Waals surface area contributed by atoms with Gasteiger partial charge in [-0.1, -0.05) is 12.1 Å². The molecule has 3 heterocycles. The largest absolute Gasteiger partial charge is 0.481 e. The number of nitrogens with zero attached hydrogens (tertiary/aromatic N) is 2. The molecule has 1 saturated heterocycles. The van der Waals surface area contributed by atoms with Crippen molar-refractivity contribution in [2.24, 2.45) is 0 Å². The van der Waals surface area contributed by atoms with E-state index in [9.17, 15) is 14.3 Å². The van der Waals surface area contributed by atoms with Crippen LogP contribution in [0.15, 0.2) is 42.6 Å². The maximum absolute atomic E-state index is 13.7. The van der Waals surface area contributed by atoms with Crippen molar-refractivity contribution in [3.8, 4) is 11.1 Å². The van der Waals surface area contributed by atoms with Crippen LogP contribution in [0, 0.1) is 5.82 Å². The third-order valence-corrected chi connectivity index (χ3v) is 5.99. The number of hydrogen-bond acceptors (Lipinski definition) is 4. The van der Waals surface area contributed by atoms with Gasteiger partial charge in [0, 0.05) is 47.6 Å². The molecular formula is C24H22FN3O3. The van der Waals surface area contributed by atoms with E-state index in [4.69, 9.17) is 9.72 Å². The Morgan fingerprint density at radius 2 is 1.94 bits per heavy atom. The normalized spacial score (nSPS) is 15.0. The minimum absolute atomic E-state index is 0.00618. The van der Waals surface area contributed by atoms with Gasteiger partial charge in [-0.25, -0.2) is 4.39 Å². The van der Waals surface area contributed by atoms with Crippen molar-refractivity contribution in [2.75, 3.05) is 13.2 Å². The molecule has 5 rings (SSSR count). The van der Waals surface area contributed by atoms with E-state index >= 15 is 0 Å².